The first-order valence-corrected chi connectivity index (χ1v) is 4.32. The number of fused-ring (bicyclic) bond motifs is 2. The number of rotatable bonds is 1. The maximum absolute atomic E-state index is 3.55. The van der Waals surface area contributed by atoms with E-state index in [-0.39, 0.29) is 0 Å². The standard InChI is InChI=1S/C8H16N2/c1-9-8-6-2-3-7(8)10-5-4-6/h6-10H,2-5H2,1H3/t6?,7?,8-/m1/s1. The van der Waals surface area contributed by atoms with Gasteiger partial charge in [-0.2, -0.15) is 0 Å². The summed E-state index contributed by atoms with van der Waals surface area (Å²) < 4.78 is 0. The molecule has 1 aliphatic carbocycles. The Morgan fingerprint density at radius 1 is 1.30 bits per heavy atom. The molecule has 1 saturated carbocycles. The first kappa shape index (κ1) is 6.62. The average Bonchev–Trinajstić information content (AvgIpc) is 2.19. The van der Waals surface area contributed by atoms with Gasteiger partial charge in [0.1, 0.15) is 0 Å². The van der Waals surface area contributed by atoms with Crippen molar-refractivity contribution in [2.24, 2.45) is 5.92 Å². The summed E-state index contributed by atoms with van der Waals surface area (Å²) in [6, 6.07) is 1.55. The average molecular weight is 140 g/mol. The molecule has 0 aromatic rings. The fraction of sp³-hybridized carbons (Fsp3) is 1.00. The van der Waals surface area contributed by atoms with E-state index < -0.39 is 0 Å². The van der Waals surface area contributed by atoms with Crippen LogP contribution in [0.5, 0.6) is 0 Å². The minimum absolute atomic E-state index is 0.772. The van der Waals surface area contributed by atoms with Crippen LogP contribution in [0.2, 0.25) is 0 Å². The Balaban J connectivity index is 2.06. The summed E-state index contributed by atoms with van der Waals surface area (Å²) in [4.78, 5) is 0. The SMILES string of the molecule is CN[C@@H]1C2CCNC1CC2. The van der Waals surface area contributed by atoms with E-state index >= 15 is 0 Å². The Bertz CT molecular complexity index is 108. The summed E-state index contributed by atoms with van der Waals surface area (Å²) in [5, 5.41) is 6.95. The maximum Gasteiger partial charge on any atom is 0.0246 e. The van der Waals surface area contributed by atoms with E-state index in [9.17, 15) is 0 Å². The van der Waals surface area contributed by atoms with Crippen molar-refractivity contribution in [1.29, 1.82) is 0 Å². The molecule has 1 aliphatic heterocycles. The van der Waals surface area contributed by atoms with Gasteiger partial charge in [-0.1, -0.05) is 0 Å². The zero-order valence-electron chi connectivity index (χ0n) is 6.56. The van der Waals surface area contributed by atoms with Gasteiger partial charge in [0.2, 0.25) is 0 Å². The fourth-order valence-electron chi connectivity index (χ4n) is 2.53. The lowest BCUT2D eigenvalue weighted by atomic mass is 9.95. The van der Waals surface area contributed by atoms with Crippen LogP contribution in [0.15, 0.2) is 0 Å². The molecule has 1 saturated heterocycles. The Morgan fingerprint density at radius 3 is 2.80 bits per heavy atom. The molecule has 10 heavy (non-hydrogen) atoms. The highest BCUT2D eigenvalue weighted by Gasteiger charge is 2.37. The molecule has 2 heteroatoms. The van der Waals surface area contributed by atoms with Crippen molar-refractivity contribution in [3.05, 3.63) is 0 Å². The zero-order chi connectivity index (χ0) is 6.97. The summed E-state index contributed by atoms with van der Waals surface area (Å²) in [7, 11) is 2.09. The minimum atomic E-state index is 0.772. The van der Waals surface area contributed by atoms with Crippen LogP contribution in [0.1, 0.15) is 19.3 Å². The van der Waals surface area contributed by atoms with Gasteiger partial charge < -0.3 is 10.6 Å². The quantitative estimate of drug-likeness (QED) is 0.549. The van der Waals surface area contributed by atoms with Crippen molar-refractivity contribution in [3.8, 4) is 0 Å². The van der Waals surface area contributed by atoms with Crippen LogP contribution in [0.3, 0.4) is 0 Å². The molecule has 2 fully saturated rings. The van der Waals surface area contributed by atoms with Crippen LogP contribution in [-0.2, 0) is 0 Å². The van der Waals surface area contributed by atoms with Crippen LogP contribution in [0.25, 0.3) is 0 Å². The molecule has 0 aromatic heterocycles. The first-order chi connectivity index (χ1) is 4.92. The fourth-order valence-corrected chi connectivity index (χ4v) is 2.53. The normalized spacial score (nSPS) is 45.9. The third-order valence-corrected chi connectivity index (χ3v) is 3.04. The number of piperidine rings is 1. The van der Waals surface area contributed by atoms with Crippen LogP contribution in [0, 0.1) is 5.92 Å². The summed E-state index contributed by atoms with van der Waals surface area (Å²) >= 11 is 0. The highest BCUT2D eigenvalue weighted by molar-refractivity contribution is 4.97. The van der Waals surface area contributed by atoms with Gasteiger partial charge in [-0.05, 0) is 38.8 Å². The van der Waals surface area contributed by atoms with Crippen LogP contribution in [0.4, 0.5) is 0 Å². The van der Waals surface area contributed by atoms with E-state index in [1.165, 1.54) is 25.8 Å². The summed E-state index contributed by atoms with van der Waals surface area (Å²) in [6.07, 6.45) is 4.20. The Morgan fingerprint density at radius 2 is 2.20 bits per heavy atom. The van der Waals surface area contributed by atoms with Gasteiger partial charge >= 0.3 is 0 Å². The number of likely N-dealkylation sites (N-methyl/N-ethyl adjacent to an activating group) is 1. The van der Waals surface area contributed by atoms with Crippen molar-refractivity contribution in [2.75, 3.05) is 13.6 Å². The first-order valence-electron chi connectivity index (χ1n) is 4.32. The van der Waals surface area contributed by atoms with Gasteiger partial charge in [0.05, 0.1) is 0 Å². The van der Waals surface area contributed by atoms with E-state index in [0.717, 1.165) is 18.0 Å². The van der Waals surface area contributed by atoms with Crippen molar-refractivity contribution < 1.29 is 0 Å². The molecule has 58 valence electrons. The number of nitrogens with one attached hydrogen (secondary N) is 2. The second-order valence-electron chi connectivity index (χ2n) is 3.50. The summed E-state index contributed by atoms with van der Waals surface area (Å²) in [5.74, 6) is 0.969. The molecule has 1 heterocycles. The molecule has 2 rings (SSSR count). The molecule has 0 aromatic carbocycles. The molecule has 2 bridgehead atoms. The molecule has 2 N–H and O–H groups in total. The lowest BCUT2D eigenvalue weighted by molar-refractivity contribution is 0.299. The van der Waals surface area contributed by atoms with Gasteiger partial charge in [0.15, 0.2) is 0 Å². The highest BCUT2D eigenvalue weighted by atomic mass is 15.0. The van der Waals surface area contributed by atoms with E-state index in [0.29, 0.717) is 0 Å². The smallest absolute Gasteiger partial charge is 0.0246 e. The highest BCUT2D eigenvalue weighted by Crippen LogP contribution is 2.31. The lowest BCUT2D eigenvalue weighted by Crippen LogP contribution is -2.50. The second kappa shape index (κ2) is 2.51. The van der Waals surface area contributed by atoms with E-state index in [4.69, 9.17) is 0 Å². The monoisotopic (exact) mass is 140 g/mol. The number of hydrogen-bond acceptors (Lipinski definition) is 2. The predicted molar refractivity (Wildman–Crippen MR) is 42.0 cm³/mol. The van der Waals surface area contributed by atoms with Gasteiger partial charge in [0.25, 0.3) is 0 Å². The van der Waals surface area contributed by atoms with E-state index in [1.54, 1.807) is 0 Å². The Labute approximate surface area is 62.4 Å². The summed E-state index contributed by atoms with van der Waals surface area (Å²) in [5.41, 5.74) is 0. The third kappa shape index (κ3) is 0.867. The van der Waals surface area contributed by atoms with E-state index in [2.05, 4.69) is 17.7 Å². The Hall–Kier alpha value is -0.0800. The molecule has 2 aliphatic rings. The molecule has 2 nitrogen and oxygen atoms in total. The Kier molecular flexibility index (Phi) is 1.66. The third-order valence-electron chi connectivity index (χ3n) is 3.04. The predicted octanol–water partition coefficient (Wildman–Crippen LogP) is 0.346. The van der Waals surface area contributed by atoms with E-state index in [1.807, 2.05) is 0 Å². The van der Waals surface area contributed by atoms with Crippen molar-refractivity contribution >= 4 is 0 Å². The van der Waals surface area contributed by atoms with Crippen LogP contribution in [-0.4, -0.2) is 25.7 Å². The zero-order valence-corrected chi connectivity index (χ0v) is 6.56. The lowest BCUT2D eigenvalue weighted by Gasteiger charge is -2.30. The van der Waals surface area contributed by atoms with Crippen LogP contribution >= 0.6 is 0 Å². The molecular weight excluding hydrogens is 124 g/mol. The van der Waals surface area contributed by atoms with Crippen molar-refractivity contribution in [3.63, 3.8) is 0 Å². The van der Waals surface area contributed by atoms with Gasteiger partial charge in [-0.3, -0.25) is 0 Å². The van der Waals surface area contributed by atoms with Gasteiger partial charge in [0, 0.05) is 12.1 Å². The molecule has 0 radical (unpaired) electrons. The number of hydrogen-bond donors (Lipinski definition) is 2. The minimum Gasteiger partial charge on any atom is -0.315 e. The molecule has 3 atom stereocenters. The van der Waals surface area contributed by atoms with Crippen LogP contribution < -0.4 is 10.6 Å². The molecule has 0 amide bonds. The largest absolute Gasteiger partial charge is 0.315 e. The molecule has 0 spiro atoms. The summed E-state index contributed by atoms with van der Waals surface area (Å²) in [6.45, 7) is 1.24. The van der Waals surface area contributed by atoms with Gasteiger partial charge in [-0.25, -0.2) is 0 Å². The van der Waals surface area contributed by atoms with Crippen molar-refractivity contribution in [2.45, 2.75) is 31.3 Å². The maximum atomic E-state index is 3.55. The van der Waals surface area contributed by atoms with Crippen molar-refractivity contribution in [1.82, 2.24) is 10.6 Å². The topological polar surface area (TPSA) is 24.1 Å². The second-order valence-corrected chi connectivity index (χ2v) is 3.50. The molecular formula is C8H16N2. The molecule has 2 unspecified atom stereocenters. The van der Waals surface area contributed by atoms with Gasteiger partial charge in [-0.15, -0.1) is 0 Å².